The van der Waals surface area contributed by atoms with Gasteiger partial charge in [-0.15, -0.1) is 0 Å². The number of carboxylic acid groups (broad SMARTS) is 1. The summed E-state index contributed by atoms with van der Waals surface area (Å²) in [5.41, 5.74) is 1.29. The topological polar surface area (TPSA) is 49.8 Å². The molecule has 1 unspecified atom stereocenters. The van der Waals surface area contributed by atoms with Crippen LogP contribution in [0.2, 0.25) is 0 Å². The zero-order chi connectivity index (χ0) is 12.8. The molecule has 1 saturated heterocycles. The van der Waals surface area contributed by atoms with Crippen LogP contribution in [-0.2, 0) is 16.0 Å². The number of morpholine rings is 1. The van der Waals surface area contributed by atoms with Gasteiger partial charge in [0.15, 0.2) is 0 Å². The standard InChI is InChI=1S/C14H19NO3/c16-14(17)10-13-11-18-9-8-15(13)7-6-12-4-2-1-3-5-12/h1-5,13H,6-11H2,(H,16,17). The Hall–Kier alpha value is -1.39. The van der Waals surface area contributed by atoms with Crippen LogP contribution >= 0.6 is 0 Å². The number of hydrogen-bond acceptors (Lipinski definition) is 3. The Morgan fingerprint density at radius 1 is 1.39 bits per heavy atom. The molecule has 4 heteroatoms. The predicted octanol–water partition coefficient (Wildman–Crippen LogP) is 1.40. The van der Waals surface area contributed by atoms with Crippen molar-refractivity contribution in [2.24, 2.45) is 0 Å². The van der Waals surface area contributed by atoms with Gasteiger partial charge < -0.3 is 9.84 Å². The quantitative estimate of drug-likeness (QED) is 0.857. The normalized spacial score (nSPS) is 20.8. The zero-order valence-corrected chi connectivity index (χ0v) is 10.4. The largest absolute Gasteiger partial charge is 0.481 e. The third kappa shape index (κ3) is 3.82. The first-order valence-corrected chi connectivity index (χ1v) is 6.33. The van der Waals surface area contributed by atoms with Crippen molar-refractivity contribution >= 4 is 5.97 Å². The zero-order valence-electron chi connectivity index (χ0n) is 10.4. The molecule has 1 fully saturated rings. The highest BCUT2D eigenvalue weighted by molar-refractivity contribution is 5.67. The van der Waals surface area contributed by atoms with Crippen LogP contribution in [0.25, 0.3) is 0 Å². The molecule has 1 heterocycles. The minimum absolute atomic E-state index is 0.0139. The number of aliphatic carboxylic acids is 1. The molecule has 1 N–H and O–H groups in total. The Morgan fingerprint density at radius 3 is 2.89 bits per heavy atom. The third-order valence-corrected chi connectivity index (χ3v) is 3.29. The van der Waals surface area contributed by atoms with Crippen molar-refractivity contribution in [1.29, 1.82) is 0 Å². The first kappa shape index (κ1) is 13.1. The molecule has 0 bridgehead atoms. The first-order chi connectivity index (χ1) is 8.75. The van der Waals surface area contributed by atoms with Crippen LogP contribution in [0.15, 0.2) is 30.3 Å². The number of benzene rings is 1. The fraction of sp³-hybridized carbons (Fsp3) is 0.500. The van der Waals surface area contributed by atoms with Crippen LogP contribution in [0.1, 0.15) is 12.0 Å². The summed E-state index contributed by atoms with van der Waals surface area (Å²) in [6.45, 7) is 2.95. The van der Waals surface area contributed by atoms with E-state index in [9.17, 15) is 4.79 Å². The van der Waals surface area contributed by atoms with Crippen molar-refractivity contribution < 1.29 is 14.6 Å². The highest BCUT2D eigenvalue weighted by atomic mass is 16.5. The molecule has 1 aromatic rings. The van der Waals surface area contributed by atoms with Crippen molar-refractivity contribution in [2.45, 2.75) is 18.9 Å². The van der Waals surface area contributed by atoms with E-state index in [1.807, 2.05) is 18.2 Å². The van der Waals surface area contributed by atoms with E-state index in [4.69, 9.17) is 9.84 Å². The Bertz CT molecular complexity index is 380. The lowest BCUT2D eigenvalue weighted by Gasteiger charge is -2.34. The lowest BCUT2D eigenvalue weighted by molar-refractivity contribution is -0.140. The van der Waals surface area contributed by atoms with Crippen LogP contribution in [0.4, 0.5) is 0 Å². The average molecular weight is 249 g/mol. The minimum Gasteiger partial charge on any atom is -0.481 e. The van der Waals surface area contributed by atoms with E-state index in [-0.39, 0.29) is 12.5 Å². The molecular weight excluding hydrogens is 230 g/mol. The molecule has 1 aliphatic heterocycles. The SMILES string of the molecule is O=C(O)CC1COCCN1CCc1ccccc1. The van der Waals surface area contributed by atoms with E-state index >= 15 is 0 Å². The van der Waals surface area contributed by atoms with Gasteiger partial charge in [0.25, 0.3) is 0 Å². The maximum Gasteiger partial charge on any atom is 0.305 e. The summed E-state index contributed by atoms with van der Waals surface area (Å²) in [6, 6.07) is 10.3. The van der Waals surface area contributed by atoms with Gasteiger partial charge >= 0.3 is 5.97 Å². The van der Waals surface area contributed by atoms with Gasteiger partial charge in [0, 0.05) is 19.1 Å². The molecule has 1 aliphatic rings. The number of rotatable bonds is 5. The Labute approximate surface area is 107 Å². The van der Waals surface area contributed by atoms with Gasteiger partial charge in [0.05, 0.1) is 19.6 Å². The average Bonchev–Trinajstić information content (AvgIpc) is 2.38. The van der Waals surface area contributed by atoms with Crippen molar-refractivity contribution in [3.05, 3.63) is 35.9 Å². The second-order valence-electron chi connectivity index (χ2n) is 4.60. The summed E-state index contributed by atoms with van der Waals surface area (Å²) in [7, 11) is 0. The summed E-state index contributed by atoms with van der Waals surface area (Å²) in [4.78, 5) is 13.0. The van der Waals surface area contributed by atoms with Gasteiger partial charge in [-0.25, -0.2) is 0 Å². The second kappa shape index (κ2) is 6.52. The lowest BCUT2D eigenvalue weighted by atomic mass is 10.1. The molecular formula is C14H19NO3. The van der Waals surface area contributed by atoms with Gasteiger partial charge in [0.2, 0.25) is 0 Å². The molecule has 98 valence electrons. The summed E-state index contributed by atoms with van der Waals surface area (Å²) in [5, 5.41) is 8.89. The summed E-state index contributed by atoms with van der Waals surface area (Å²) in [6.07, 6.45) is 1.12. The number of carboxylic acids is 1. The Morgan fingerprint density at radius 2 is 2.17 bits per heavy atom. The van der Waals surface area contributed by atoms with Crippen molar-refractivity contribution in [3.8, 4) is 0 Å². The summed E-state index contributed by atoms with van der Waals surface area (Å²) in [5.74, 6) is -0.754. The van der Waals surface area contributed by atoms with Crippen LogP contribution in [-0.4, -0.2) is 48.3 Å². The molecule has 0 aliphatic carbocycles. The van der Waals surface area contributed by atoms with Gasteiger partial charge in [-0.05, 0) is 12.0 Å². The highest BCUT2D eigenvalue weighted by Gasteiger charge is 2.24. The monoisotopic (exact) mass is 249 g/mol. The number of hydrogen-bond donors (Lipinski definition) is 1. The molecule has 1 aromatic carbocycles. The fourth-order valence-corrected chi connectivity index (χ4v) is 2.29. The molecule has 18 heavy (non-hydrogen) atoms. The maximum absolute atomic E-state index is 10.8. The molecule has 0 spiro atoms. The van der Waals surface area contributed by atoms with E-state index in [0.29, 0.717) is 13.2 Å². The van der Waals surface area contributed by atoms with Crippen LogP contribution in [0, 0.1) is 0 Å². The van der Waals surface area contributed by atoms with E-state index < -0.39 is 5.97 Å². The predicted molar refractivity (Wildman–Crippen MR) is 68.6 cm³/mol. The van der Waals surface area contributed by atoms with Crippen LogP contribution in [0.5, 0.6) is 0 Å². The molecule has 0 radical (unpaired) electrons. The molecule has 2 rings (SSSR count). The molecule has 1 atom stereocenters. The highest BCUT2D eigenvalue weighted by Crippen LogP contribution is 2.12. The second-order valence-corrected chi connectivity index (χ2v) is 4.60. The van der Waals surface area contributed by atoms with Crippen molar-refractivity contribution in [1.82, 2.24) is 4.90 Å². The van der Waals surface area contributed by atoms with Crippen LogP contribution in [0.3, 0.4) is 0 Å². The number of carbonyl (C=O) groups is 1. The van der Waals surface area contributed by atoms with E-state index in [2.05, 4.69) is 17.0 Å². The molecule has 4 nitrogen and oxygen atoms in total. The lowest BCUT2D eigenvalue weighted by Crippen LogP contribution is -2.47. The summed E-state index contributed by atoms with van der Waals surface area (Å²) < 4.78 is 5.36. The smallest absolute Gasteiger partial charge is 0.305 e. The van der Waals surface area contributed by atoms with Gasteiger partial charge in [-0.3, -0.25) is 9.69 Å². The third-order valence-electron chi connectivity index (χ3n) is 3.29. The molecule has 0 amide bonds. The Balaban J connectivity index is 1.87. The van der Waals surface area contributed by atoms with Gasteiger partial charge in [-0.1, -0.05) is 30.3 Å². The van der Waals surface area contributed by atoms with Gasteiger partial charge in [0.1, 0.15) is 0 Å². The maximum atomic E-state index is 10.8. The summed E-state index contributed by atoms with van der Waals surface area (Å²) >= 11 is 0. The van der Waals surface area contributed by atoms with E-state index in [1.54, 1.807) is 0 Å². The molecule has 0 aromatic heterocycles. The number of ether oxygens (including phenoxy) is 1. The van der Waals surface area contributed by atoms with E-state index in [1.165, 1.54) is 5.56 Å². The Kier molecular flexibility index (Phi) is 4.73. The fourth-order valence-electron chi connectivity index (χ4n) is 2.29. The minimum atomic E-state index is -0.754. The van der Waals surface area contributed by atoms with E-state index in [0.717, 1.165) is 19.5 Å². The van der Waals surface area contributed by atoms with Crippen LogP contribution < -0.4 is 0 Å². The van der Waals surface area contributed by atoms with Crippen molar-refractivity contribution in [2.75, 3.05) is 26.3 Å². The van der Waals surface area contributed by atoms with Gasteiger partial charge in [-0.2, -0.15) is 0 Å². The van der Waals surface area contributed by atoms with Crippen molar-refractivity contribution in [3.63, 3.8) is 0 Å². The molecule has 0 saturated carbocycles. The first-order valence-electron chi connectivity index (χ1n) is 6.33. The number of nitrogens with zero attached hydrogens (tertiary/aromatic N) is 1.